The molecule has 2 atom stereocenters. The van der Waals surface area contributed by atoms with Gasteiger partial charge in [-0.25, -0.2) is 8.78 Å². The van der Waals surface area contributed by atoms with Gasteiger partial charge in [0.25, 0.3) is 0 Å². The number of carbonyl (C=O) groups excluding carboxylic acids is 2. The molecule has 8 heteroatoms. The van der Waals surface area contributed by atoms with Crippen molar-refractivity contribution in [2.45, 2.75) is 44.9 Å². The number of methoxy groups -OCH3 is 1. The van der Waals surface area contributed by atoms with Gasteiger partial charge in [-0.1, -0.05) is 54.1 Å². The molecule has 1 heterocycles. The number of hydrogen-bond donors (Lipinski definition) is 1. The number of nitrogens with one attached hydrogen (secondary N) is 1. The second-order valence-corrected chi connectivity index (χ2v) is 9.40. The lowest BCUT2D eigenvalue weighted by Gasteiger charge is -2.32. The minimum absolute atomic E-state index is 0.00912. The summed E-state index contributed by atoms with van der Waals surface area (Å²) in [6.45, 7) is 2.87. The molecule has 1 unspecified atom stereocenters. The lowest BCUT2D eigenvalue weighted by molar-refractivity contribution is -0.141. The molecular weight excluding hydrogens is 490 g/mol. The molecule has 4 rings (SSSR count). The third kappa shape index (κ3) is 6.55. The van der Waals surface area contributed by atoms with Crippen molar-refractivity contribution in [3.8, 4) is 5.75 Å². The predicted molar refractivity (Wildman–Crippen MR) is 140 cm³/mol. The standard InChI is InChI=1S/C30H32F2N2O4/c1-20-12-14-21(15-13-20)29(30(36)33-18-23-8-6-16-38-23)34(19-22-7-3-4-11-27(22)37-2)28(35)17-24-25(31)9-5-10-26(24)32/h3-5,7,9-15,23,29H,6,8,16-19H2,1-2H3,(H,33,36)/t23?,29-/m1/s1. The Labute approximate surface area is 221 Å². The third-order valence-electron chi connectivity index (χ3n) is 6.72. The second kappa shape index (κ2) is 12.6. The molecule has 0 aromatic heterocycles. The summed E-state index contributed by atoms with van der Waals surface area (Å²) < 4.78 is 40.2. The molecule has 0 aliphatic carbocycles. The second-order valence-electron chi connectivity index (χ2n) is 9.40. The van der Waals surface area contributed by atoms with Gasteiger partial charge in [0.2, 0.25) is 11.8 Å². The van der Waals surface area contributed by atoms with Crippen LogP contribution in [0.2, 0.25) is 0 Å². The predicted octanol–water partition coefficient (Wildman–Crippen LogP) is 4.89. The molecule has 1 N–H and O–H groups in total. The largest absolute Gasteiger partial charge is 0.496 e. The third-order valence-corrected chi connectivity index (χ3v) is 6.72. The first kappa shape index (κ1) is 27.3. The summed E-state index contributed by atoms with van der Waals surface area (Å²) in [5.74, 6) is -2.10. The Hall–Kier alpha value is -3.78. The van der Waals surface area contributed by atoms with Crippen LogP contribution in [0, 0.1) is 18.6 Å². The molecule has 3 aromatic rings. The molecule has 0 spiro atoms. The van der Waals surface area contributed by atoms with Crippen LogP contribution >= 0.6 is 0 Å². The molecule has 3 aromatic carbocycles. The number of rotatable bonds is 10. The van der Waals surface area contributed by atoms with E-state index in [1.54, 1.807) is 36.4 Å². The number of amides is 2. The number of hydrogen-bond acceptors (Lipinski definition) is 4. The van der Waals surface area contributed by atoms with Crippen molar-refractivity contribution in [1.82, 2.24) is 10.2 Å². The summed E-state index contributed by atoms with van der Waals surface area (Å²) in [5, 5.41) is 2.94. The smallest absolute Gasteiger partial charge is 0.247 e. The van der Waals surface area contributed by atoms with Gasteiger partial charge in [0.15, 0.2) is 0 Å². The Balaban J connectivity index is 1.73. The van der Waals surface area contributed by atoms with Crippen LogP contribution in [0.15, 0.2) is 66.7 Å². The Bertz CT molecular complexity index is 1240. The van der Waals surface area contributed by atoms with E-state index in [9.17, 15) is 18.4 Å². The van der Waals surface area contributed by atoms with Gasteiger partial charge < -0.3 is 19.7 Å². The highest BCUT2D eigenvalue weighted by atomic mass is 19.1. The zero-order valence-corrected chi connectivity index (χ0v) is 21.6. The van der Waals surface area contributed by atoms with E-state index < -0.39 is 35.9 Å². The lowest BCUT2D eigenvalue weighted by atomic mass is 10.00. The van der Waals surface area contributed by atoms with Crippen molar-refractivity contribution in [2.24, 2.45) is 0 Å². The first-order valence-corrected chi connectivity index (χ1v) is 12.7. The summed E-state index contributed by atoms with van der Waals surface area (Å²) in [4.78, 5) is 28.9. The average molecular weight is 523 g/mol. The number of nitrogens with zero attached hydrogens (tertiary/aromatic N) is 1. The van der Waals surface area contributed by atoms with E-state index in [1.807, 2.05) is 19.1 Å². The number of ether oxygens (including phenoxy) is 2. The van der Waals surface area contributed by atoms with E-state index in [1.165, 1.54) is 18.1 Å². The number of para-hydroxylation sites is 1. The monoisotopic (exact) mass is 522 g/mol. The summed E-state index contributed by atoms with van der Waals surface area (Å²) in [5.41, 5.74) is 1.88. The molecule has 1 saturated heterocycles. The maximum absolute atomic E-state index is 14.5. The maximum atomic E-state index is 14.5. The summed E-state index contributed by atoms with van der Waals surface area (Å²) >= 11 is 0. The van der Waals surface area contributed by atoms with Crippen LogP contribution in [-0.4, -0.2) is 43.1 Å². The molecule has 2 amide bonds. The zero-order valence-electron chi connectivity index (χ0n) is 21.6. The van der Waals surface area contributed by atoms with Crippen molar-refractivity contribution in [2.75, 3.05) is 20.3 Å². The Kier molecular flexibility index (Phi) is 9.07. The summed E-state index contributed by atoms with van der Waals surface area (Å²) in [6, 6.07) is 16.9. The fourth-order valence-corrected chi connectivity index (χ4v) is 4.63. The van der Waals surface area contributed by atoms with Gasteiger partial charge in [-0.2, -0.15) is 0 Å². The van der Waals surface area contributed by atoms with E-state index in [0.29, 0.717) is 30.0 Å². The maximum Gasteiger partial charge on any atom is 0.247 e. The number of halogens is 2. The van der Waals surface area contributed by atoms with Gasteiger partial charge in [0.05, 0.1) is 26.2 Å². The SMILES string of the molecule is COc1ccccc1CN(C(=O)Cc1c(F)cccc1F)[C@@H](C(=O)NCC1CCCO1)c1ccc(C)cc1. The molecule has 1 aliphatic heterocycles. The molecule has 200 valence electrons. The topological polar surface area (TPSA) is 67.9 Å². The molecule has 0 radical (unpaired) electrons. The molecule has 1 aliphatic rings. The van der Waals surface area contributed by atoms with Gasteiger partial charge in [0.1, 0.15) is 23.4 Å². The first-order chi connectivity index (χ1) is 18.4. The number of aryl methyl sites for hydroxylation is 1. The van der Waals surface area contributed by atoms with Crippen LogP contribution in [0.25, 0.3) is 0 Å². The van der Waals surface area contributed by atoms with Crippen LogP contribution in [0.3, 0.4) is 0 Å². The van der Waals surface area contributed by atoms with E-state index in [2.05, 4.69) is 5.32 Å². The molecular formula is C30H32F2N2O4. The van der Waals surface area contributed by atoms with Crippen LogP contribution in [0.5, 0.6) is 5.75 Å². The van der Waals surface area contributed by atoms with E-state index in [4.69, 9.17) is 9.47 Å². The molecule has 0 bridgehead atoms. The van der Waals surface area contributed by atoms with Crippen molar-refractivity contribution in [3.05, 3.63) is 101 Å². The van der Waals surface area contributed by atoms with Gasteiger partial charge in [-0.05, 0) is 43.5 Å². The summed E-state index contributed by atoms with van der Waals surface area (Å²) in [6.07, 6.45) is 1.12. The van der Waals surface area contributed by atoms with Crippen molar-refractivity contribution in [3.63, 3.8) is 0 Å². The van der Waals surface area contributed by atoms with Gasteiger partial charge in [-0.3, -0.25) is 9.59 Å². The Morgan fingerprint density at radius 2 is 1.76 bits per heavy atom. The van der Waals surface area contributed by atoms with E-state index in [-0.39, 0.29) is 18.2 Å². The Morgan fingerprint density at radius 1 is 1.05 bits per heavy atom. The number of benzene rings is 3. The molecule has 6 nitrogen and oxygen atoms in total. The number of carbonyl (C=O) groups is 2. The average Bonchev–Trinajstić information content (AvgIpc) is 3.44. The highest BCUT2D eigenvalue weighted by Crippen LogP contribution is 2.29. The minimum atomic E-state index is -1.05. The Morgan fingerprint density at radius 3 is 2.42 bits per heavy atom. The van der Waals surface area contributed by atoms with Gasteiger partial charge >= 0.3 is 0 Å². The fourth-order valence-electron chi connectivity index (χ4n) is 4.63. The van der Waals surface area contributed by atoms with E-state index >= 15 is 0 Å². The van der Waals surface area contributed by atoms with Crippen molar-refractivity contribution in [1.29, 1.82) is 0 Å². The highest BCUT2D eigenvalue weighted by Gasteiger charge is 2.33. The van der Waals surface area contributed by atoms with Crippen LogP contribution in [0.1, 0.15) is 41.1 Å². The van der Waals surface area contributed by atoms with Gasteiger partial charge in [-0.15, -0.1) is 0 Å². The van der Waals surface area contributed by atoms with Crippen molar-refractivity contribution >= 4 is 11.8 Å². The molecule has 0 saturated carbocycles. The minimum Gasteiger partial charge on any atom is -0.496 e. The molecule has 1 fully saturated rings. The molecule has 38 heavy (non-hydrogen) atoms. The van der Waals surface area contributed by atoms with Crippen molar-refractivity contribution < 1.29 is 27.8 Å². The lowest BCUT2D eigenvalue weighted by Crippen LogP contribution is -2.45. The fraction of sp³-hybridized carbons (Fsp3) is 0.333. The zero-order chi connectivity index (χ0) is 27.1. The normalized spacial score (nSPS) is 15.6. The van der Waals surface area contributed by atoms with Crippen LogP contribution in [0.4, 0.5) is 8.78 Å². The van der Waals surface area contributed by atoms with Crippen LogP contribution < -0.4 is 10.1 Å². The quantitative estimate of drug-likeness (QED) is 0.412. The van der Waals surface area contributed by atoms with Crippen LogP contribution in [-0.2, 0) is 27.3 Å². The van der Waals surface area contributed by atoms with Gasteiger partial charge in [0, 0.05) is 24.3 Å². The van der Waals surface area contributed by atoms with E-state index in [0.717, 1.165) is 30.5 Å². The first-order valence-electron chi connectivity index (χ1n) is 12.7. The highest BCUT2D eigenvalue weighted by molar-refractivity contribution is 5.89. The summed E-state index contributed by atoms with van der Waals surface area (Å²) in [7, 11) is 1.52.